The Morgan fingerprint density at radius 3 is 2.58 bits per heavy atom. The first kappa shape index (κ1) is 13.5. The minimum atomic E-state index is -1.77. The summed E-state index contributed by atoms with van der Waals surface area (Å²) in [5, 5.41) is 30.0. The highest BCUT2D eigenvalue weighted by Crippen LogP contribution is 2.30. The topological polar surface area (TPSA) is 115 Å². The standard InChI is InChI=1S/C10H14N4O5/c1-6(15)13-4-3-7-8(14(18,19)11-13)5-12(2)9(7)10(16)17/h5,11,18-19H,3-4H2,1-2H3/p+1. The number of nitrogens with one attached hydrogen (secondary N) is 1. The monoisotopic (exact) mass is 271 g/mol. The number of hydrogen-bond donors (Lipinski definition) is 4. The van der Waals surface area contributed by atoms with Crippen LogP contribution in [0.15, 0.2) is 6.20 Å². The fraction of sp³-hybridized carbons (Fsp3) is 0.400. The van der Waals surface area contributed by atoms with Crippen LogP contribution in [0.3, 0.4) is 0 Å². The number of carboxylic acids is 1. The molecule has 1 aromatic heterocycles. The van der Waals surface area contributed by atoms with Crippen molar-refractivity contribution in [2.24, 2.45) is 7.05 Å². The molecule has 0 saturated heterocycles. The molecule has 4 N–H and O–H groups in total. The molecule has 1 amide bonds. The van der Waals surface area contributed by atoms with Crippen molar-refractivity contribution in [1.82, 2.24) is 20.0 Å². The third-order valence-electron chi connectivity index (χ3n) is 3.03. The Morgan fingerprint density at radius 1 is 1.42 bits per heavy atom. The molecule has 9 nitrogen and oxygen atoms in total. The molecule has 0 radical (unpaired) electrons. The van der Waals surface area contributed by atoms with Gasteiger partial charge in [0.2, 0.25) is 11.6 Å². The molecule has 0 atom stereocenters. The number of aryl methyl sites for hydroxylation is 1. The molecule has 1 aliphatic rings. The van der Waals surface area contributed by atoms with Gasteiger partial charge >= 0.3 is 5.97 Å². The van der Waals surface area contributed by atoms with Gasteiger partial charge in [-0.2, -0.15) is 10.4 Å². The number of aromatic carboxylic acids is 1. The van der Waals surface area contributed by atoms with Crippen LogP contribution in [0.2, 0.25) is 0 Å². The van der Waals surface area contributed by atoms with E-state index in [0.717, 1.165) is 5.01 Å². The third-order valence-corrected chi connectivity index (χ3v) is 3.03. The SMILES string of the molecule is CC(=O)N1CCc2c(cn(C)c2C(=O)O)[N+](O)(O)N1. The van der Waals surface area contributed by atoms with E-state index in [1.54, 1.807) is 0 Å². The molecule has 0 saturated carbocycles. The van der Waals surface area contributed by atoms with E-state index in [4.69, 9.17) is 5.11 Å². The molecule has 104 valence electrons. The Hall–Kier alpha value is -1.94. The molecule has 0 aliphatic carbocycles. The smallest absolute Gasteiger partial charge is 0.353 e. The van der Waals surface area contributed by atoms with Gasteiger partial charge < -0.3 is 9.67 Å². The van der Waals surface area contributed by atoms with Gasteiger partial charge in [0.05, 0.1) is 16.7 Å². The summed E-state index contributed by atoms with van der Waals surface area (Å²) in [6.45, 7) is 1.40. The minimum absolute atomic E-state index is 0.0244. The van der Waals surface area contributed by atoms with Gasteiger partial charge in [-0.15, -0.1) is 0 Å². The number of fused-ring (bicyclic) bond motifs is 1. The summed E-state index contributed by atoms with van der Waals surface area (Å²) in [5.74, 6) is -1.57. The first-order valence-electron chi connectivity index (χ1n) is 5.56. The second kappa shape index (κ2) is 4.31. The molecule has 0 spiro atoms. The quantitative estimate of drug-likeness (QED) is 0.518. The molecule has 19 heavy (non-hydrogen) atoms. The Morgan fingerprint density at radius 2 is 2.05 bits per heavy atom. The number of hydrogen-bond acceptors (Lipinski definition) is 5. The normalized spacial score (nSPS) is 17.8. The van der Waals surface area contributed by atoms with Crippen molar-refractivity contribution in [3.8, 4) is 0 Å². The van der Waals surface area contributed by atoms with Gasteiger partial charge in [0, 0.05) is 32.5 Å². The van der Waals surface area contributed by atoms with Crippen LogP contribution in [0.4, 0.5) is 5.69 Å². The largest absolute Gasteiger partial charge is 0.477 e. The van der Waals surface area contributed by atoms with Gasteiger partial charge in [0.1, 0.15) is 5.69 Å². The summed E-state index contributed by atoms with van der Waals surface area (Å²) < 4.78 is 1.30. The van der Waals surface area contributed by atoms with Crippen LogP contribution in [-0.4, -0.2) is 43.5 Å². The molecular weight excluding hydrogens is 256 g/mol. The van der Waals surface area contributed by atoms with Crippen molar-refractivity contribution >= 4 is 17.6 Å². The molecule has 0 unspecified atom stereocenters. The summed E-state index contributed by atoms with van der Waals surface area (Å²) in [7, 11) is 1.50. The van der Waals surface area contributed by atoms with Gasteiger partial charge in [-0.25, -0.2) is 9.80 Å². The van der Waals surface area contributed by atoms with Gasteiger partial charge in [-0.3, -0.25) is 4.79 Å². The molecule has 1 aromatic rings. The van der Waals surface area contributed by atoms with E-state index in [2.05, 4.69) is 5.53 Å². The lowest BCUT2D eigenvalue weighted by Gasteiger charge is -2.24. The summed E-state index contributed by atoms with van der Waals surface area (Å²) in [6, 6.07) is 0. The number of aromatic nitrogens is 1. The molecule has 0 aromatic carbocycles. The highest BCUT2D eigenvalue weighted by atomic mass is 16.9. The maximum Gasteiger partial charge on any atom is 0.353 e. The summed E-state index contributed by atoms with van der Waals surface area (Å²) in [5.41, 5.74) is 2.43. The molecule has 2 heterocycles. The molecule has 0 bridgehead atoms. The number of amides is 1. The van der Waals surface area contributed by atoms with Gasteiger partial charge in [0.15, 0.2) is 0 Å². The fourth-order valence-corrected chi connectivity index (χ4v) is 2.18. The van der Waals surface area contributed by atoms with E-state index in [0.29, 0.717) is 0 Å². The van der Waals surface area contributed by atoms with Crippen molar-refractivity contribution < 1.29 is 25.1 Å². The summed E-state index contributed by atoms with van der Waals surface area (Å²) in [4.78, 5) is 20.7. The fourth-order valence-electron chi connectivity index (χ4n) is 2.18. The lowest BCUT2D eigenvalue weighted by atomic mass is 10.1. The number of hydrazine groups is 1. The van der Waals surface area contributed by atoms with Gasteiger partial charge in [-0.05, 0) is 0 Å². The second-order valence-corrected chi connectivity index (χ2v) is 4.38. The maximum absolute atomic E-state index is 11.3. The van der Waals surface area contributed by atoms with Crippen LogP contribution < -0.4 is 10.5 Å². The molecule has 0 fully saturated rings. The van der Waals surface area contributed by atoms with Crippen LogP contribution in [-0.2, 0) is 18.3 Å². The third kappa shape index (κ3) is 2.19. The van der Waals surface area contributed by atoms with E-state index in [-0.39, 0.29) is 29.9 Å². The van der Waals surface area contributed by atoms with Crippen LogP contribution in [0.1, 0.15) is 23.0 Å². The highest BCUT2D eigenvalue weighted by molar-refractivity contribution is 5.90. The van der Waals surface area contributed by atoms with Gasteiger partial charge in [0.25, 0.3) is 0 Å². The van der Waals surface area contributed by atoms with Crippen molar-refractivity contribution in [2.45, 2.75) is 13.3 Å². The maximum atomic E-state index is 11.3. The van der Waals surface area contributed by atoms with Crippen LogP contribution in [0.5, 0.6) is 0 Å². The number of quaternary nitrogens is 1. The first-order valence-corrected chi connectivity index (χ1v) is 5.56. The second-order valence-electron chi connectivity index (χ2n) is 4.38. The zero-order chi connectivity index (χ0) is 14.4. The Balaban J connectivity index is 2.53. The summed E-state index contributed by atoms with van der Waals surface area (Å²) >= 11 is 0. The molecule has 2 rings (SSSR count). The number of carbonyl (C=O) groups excluding carboxylic acids is 1. The number of rotatable bonds is 1. The number of carbonyl (C=O) groups is 2. The zero-order valence-electron chi connectivity index (χ0n) is 10.5. The van der Waals surface area contributed by atoms with Crippen LogP contribution >= 0.6 is 0 Å². The van der Waals surface area contributed by atoms with Gasteiger partial charge in [-0.1, -0.05) is 0 Å². The van der Waals surface area contributed by atoms with E-state index < -0.39 is 16.8 Å². The molecular formula is C10H15N4O5+. The highest BCUT2D eigenvalue weighted by Gasteiger charge is 2.41. The number of nitrogens with zero attached hydrogens (tertiary/aromatic N) is 3. The van der Waals surface area contributed by atoms with E-state index in [1.165, 1.54) is 24.7 Å². The van der Waals surface area contributed by atoms with Crippen molar-refractivity contribution in [3.05, 3.63) is 17.5 Å². The first-order chi connectivity index (χ1) is 8.74. The average molecular weight is 271 g/mol. The minimum Gasteiger partial charge on any atom is -0.477 e. The van der Waals surface area contributed by atoms with Crippen LogP contribution in [0.25, 0.3) is 0 Å². The zero-order valence-corrected chi connectivity index (χ0v) is 10.5. The molecule has 9 heteroatoms. The average Bonchev–Trinajstić information content (AvgIpc) is 2.55. The van der Waals surface area contributed by atoms with E-state index in [1.807, 2.05) is 0 Å². The predicted octanol–water partition coefficient (Wildman–Crippen LogP) is -0.367. The Kier molecular flexibility index (Phi) is 3.06. The van der Waals surface area contributed by atoms with Crippen LogP contribution in [0, 0.1) is 0 Å². The van der Waals surface area contributed by atoms with Crippen molar-refractivity contribution in [1.29, 1.82) is 0 Å². The lowest BCUT2D eigenvalue weighted by Crippen LogP contribution is -2.62. The Labute approximate surface area is 108 Å². The van der Waals surface area contributed by atoms with E-state index >= 15 is 0 Å². The van der Waals surface area contributed by atoms with E-state index in [9.17, 15) is 20.0 Å². The number of carboxylic acid groups (broad SMARTS) is 1. The summed E-state index contributed by atoms with van der Waals surface area (Å²) in [6.07, 6.45) is 1.50. The predicted molar refractivity (Wildman–Crippen MR) is 62.0 cm³/mol. The Bertz CT molecular complexity index is 550. The lowest BCUT2D eigenvalue weighted by molar-refractivity contribution is -0.348. The van der Waals surface area contributed by atoms with Crippen molar-refractivity contribution in [3.63, 3.8) is 0 Å². The van der Waals surface area contributed by atoms with Crippen molar-refractivity contribution in [2.75, 3.05) is 6.54 Å². The molecule has 1 aliphatic heterocycles.